The van der Waals surface area contributed by atoms with Gasteiger partial charge in [0.2, 0.25) is 0 Å². The highest BCUT2D eigenvalue weighted by molar-refractivity contribution is 7.92. The van der Waals surface area contributed by atoms with Gasteiger partial charge in [-0.2, -0.15) is 0 Å². The van der Waals surface area contributed by atoms with Gasteiger partial charge < -0.3 is 5.32 Å². The summed E-state index contributed by atoms with van der Waals surface area (Å²) in [6.07, 6.45) is 2.03. The molecule has 132 valence electrons. The highest BCUT2D eigenvalue weighted by Gasteiger charge is 2.26. The monoisotopic (exact) mass is 358 g/mol. The molecule has 0 heterocycles. The Morgan fingerprint density at radius 2 is 1.84 bits per heavy atom. The number of carbonyl (C=O) groups is 1. The first-order chi connectivity index (χ1) is 11.9. The normalized spacial score (nSPS) is 14.2. The molecular weight excluding hydrogens is 336 g/mol. The highest BCUT2D eigenvalue weighted by atomic mass is 32.2. The molecule has 2 aromatic rings. The van der Waals surface area contributed by atoms with Crippen LogP contribution in [0.4, 0.5) is 5.69 Å². The lowest BCUT2D eigenvalue weighted by atomic mass is 10.2. The minimum absolute atomic E-state index is 0.155. The van der Waals surface area contributed by atoms with E-state index in [1.54, 1.807) is 25.1 Å². The molecule has 2 aromatic carbocycles. The Kier molecular flexibility index (Phi) is 4.81. The number of carbonyl (C=O) groups excluding carboxylic acids is 1. The first-order valence-corrected chi connectivity index (χ1v) is 9.86. The van der Waals surface area contributed by atoms with Crippen molar-refractivity contribution < 1.29 is 13.2 Å². The summed E-state index contributed by atoms with van der Waals surface area (Å²) >= 11 is 0. The topological polar surface area (TPSA) is 66.5 Å². The van der Waals surface area contributed by atoms with Crippen LogP contribution in [0.25, 0.3) is 0 Å². The second-order valence-electron chi connectivity index (χ2n) is 6.28. The van der Waals surface area contributed by atoms with Crippen LogP contribution >= 0.6 is 0 Å². The first kappa shape index (κ1) is 17.5. The summed E-state index contributed by atoms with van der Waals surface area (Å²) in [4.78, 5) is 12.2. The fraction of sp³-hybridized carbons (Fsp3) is 0.316. The number of amides is 1. The summed E-state index contributed by atoms with van der Waals surface area (Å²) in [5, 5.41) is 2.90. The molecule has 0 atom stereocenters. The smallest absolute Gasteiger partial charge is 0.264 e. The number of nitrogens with one attached hydrogen (secondary N) is 1. The van der Waals surface area contributed by atoms with Crippen LogP contribution < -0.4 is 9.62 Å². The fourth-order valence-corrected chi connectivity index (χ4v) is 4.14. The van der Waals surface area contributed by atoms with E-state index in [4.69, 9.17) is 0 Å². The Morgan fingerprint density at radius 3 is 2.40 bits per heavy atom. The third-order valence-corrected chi connectivity index (χ3v) is 6.11. The molecule has 0 bridgehead atoms. The Hall–Kier alpha value is -2.34. The quantitative estimate of drug-likeness (QED) is 0.863. The molecule has 5 nitrogen and oxygen atoms in total. The molecule has 1 aliphatic rings. The lowest BCUT2D eigenvalue weighted by Gasteiger charge is -2.23. The first-order valence-electron chi connectivity index (χ1n) is 8.42. The van der Waals surface area contributed by atoms with E-state index in [-0.39, 0.29) is 16.8 Å². The van der Waals surface area contributed by atoms with Crippen molar-refractivity contribution in [2.45, 2.75) is 37.6 Å². The zero-order valence-electron chi connectivity index (χ0n) is 14.4. The molecular formula is C19H22N2O3S. The second-order valence-corrected chi connectivity index (χ2v) is 8.14. The summed E-state index contributed by atoms with van der Waals surface area (Å²) in [7, 11) is -3.67. The van der Waals surface area contributed by atoms with Gasteiger partial charge in [0, 0.05) is 18.2 Å². The molecule has 25 heavy (non-hydrogen) atoms. The summed E-state index contributed by atoms with van der Waals surface area (Å²) < 4.78 is 27.3. The fourth-order valence-electron chi connectivity index (χ4n) is 2.68. The Labute approximate surface area is 148 Å². The van der Waals surface area contributed by atoms with Gasteiger partial charge in [-0.1, -0.05) is 12.1 Å². The molecule has 1 N–H and O–H groups in total. The molecule has 1 saturated carbocycles. The van der Waals surface area contributed by atoms with Gasteiger partial charge in [-0.05, 0) is 68.7 Å². The Balaban J connectivity index is 1.86. The number of benzene rings is 2. The molecule has 0 saturated heterocycles. The number of hydrogen-bond donors (Lipinski definition) is 1. The van der Waals surface area contributed by atoms with Gasteiger partial charge >= 0.3 is 0 Å². The number of sulfonamides is 1. The van der Waals surface area contributed by atoms with Gasteiger partial charge in [0.15, 0.2) is 0 Å². The number of aryl methyl sites for hydroxylation is 1. The molecule has 0 aliphatic heterocycles. The molecule has 0 radical (unpaired) electrons. The van der Waals surface area contributed by atoms with Gasteiger partial charge in [-0.3, -0.25) is 9.10 Å². The van der Waals surface area contributed by atoms with Crippen molar-refractivity contribution in [3.63, 3.8) is 0 Å². The van der Waals surface area contributed by atoms with Crippen LogP contribution in [0.5, 0.6) is 0 Å². The van der Waals surface area contributed by atoms with Crippen molar-refractivity contribution in [1.29, 1.82) is 0 Å². The minimum Gasteiger partial charge on any atom is -0.349 e. The van der Waals surface area contributed by atoms with Crippen LogP contribution in [0.1, 0.15) is 35.7 Å². The van der Waals surface area contributed by atoms with E-state index in [1.165, 1.54) is 16.4 Å². The van der Waals surface area contributed by atoms with Gasteiger partial charge in [0.1, 0.15) is 0 Å². The van der Waals surface area contributed by atoms with E-state index in [0.717, 1.165) is 18.4 Å². The van der Waals surface area contributed by atoms with E-state index < -0.39 is 10.0 Å². The van der Waals surface area contributed by atoms with Crippen molar-refractivity contribution >= 4 is 21.6 Å². The van der Waals surface area contributed by atoms with E-state index >= 15 is 0 Å². The maximum Gasteiger partial charge on any atom is 0.264 e. The van der Waals surface area contributed by atoms with Crippen molar-refractivity contribution in [1.82, 2.24) is 5.32 Å². The van der Waals surface area contributed by atoms with Crippen LogP contribution in [0, 0.1) is 6.92 Å². The molecule has 1 amide bonds. The predicted octanol–water partition coefficient (Wildman–Crippen LogP) is 3.10. The van der Waals surface area contributed by atoms with E-state index in [2.05, 4.69) is 5.32 Å². The number of nitrogens with zero attached hydrogens (tertiary/aromatic N) is 1. The van der Waals surface area contributed by atoms with Crippen molar-refractivity contribution in [2.75, 3.05) is 10.8 Å². The molecule has 0 spiro atoms. The van der Waals surface area contributed by atoms with Gasteiger partial charge in [-0.15, -0.1) is 0 Å². The minimum atomic E-state index is -3.67. The second kappa shape index (κ2) is 6.88. The van der Waals surface area contributed by atoms with Gasteiger partial charge in [-0.25, -0.2) is 8.42 Å². The highest BCUT2D eigenvalue weighted by Crippen LogP contribution is 2.25. The zero-order chi connectivity index (χ0) is 18.0. The van der Waals surface area contributed by atoms with Gasteiger partial charge in [0.25, 0.3) is 15.9 Å². The molecule has 6 heteroatoms. The van der Waals surface area contributed by atoms with Crippen LogP contribution in [-0.4, -0.2) is 26.9 Å². The molecule has 1 aliphatic carbocycles. The van der Waals surface area contributed by atoms with Crippen LogP contribution in [0.3, 0.4) is 0 Å². The number of hydrogen-bond acceptors (Lipinski definition) is 3. The van der Waals surface area contributed by atoms with Crippen molar-refractivity contribution in [3.8, 4) is 0 Å². The van der Waals surface area contributed by atoms with Crippen molar-refractivity contribution in [3.05, 3.63) is 59.7 Å². The zero-order valence-corrected chi connectivity index (χ0v) is 15.2. The van der Waals surface area contributed by atoms with Gasteiger partial charge in [0.05, 0.1) is 10.6 Å². The van der Waals surface area contributed by atoms with Crippen molar-refractivity contribution in [2.24, 2.45) is 0 Å². The summed E-state index contributed by atoms with van der Waals surface area (Å²) in [5.41, 5.74) is 2.11. The average molecular weight is 358 g/mol. The van der Waals surface area contributed by atoms with E-state index in [9.17, 15) is 13.2 Å². The summed E-state index contributed by atoms with van der Waals surface area (Å²) in [6, 6.07) is 13.8. The predicted molar refractivity (Wildman–Crippen MR) is 98.3 cm³/mol. The van der Waals surface area contributed by atoms with Crippen LogP contribution in [0.2, 0.25) is 0 Å². The molecule has 0 aromatic heterocycles. The molecule has 3 rings (SSSR count). The Morgan fingerprint density at radius 1 is 1.16 bits per heavy atom. The largest absolute Gasteiger partial charge is 0.349 e. The maximum atomic E-state index is 13.0. The van der Waals surface area contributed by atoms with E-state index in [0.29, 0.717) is 17.8 Å². The summed E-state index contributed by atoms with van der Waals surface area (Å²) in [5.74, 6) is -0.155. The standard InChI is InChI=1S/C19H22N2O3S/c1-3-21(17-6-4-5-14(2)13-17)25(23,24)18-11-7-15(8-12-18)19(22)20-16-9-10-16/h4-8,11-13,16H,3,9-10H2,1-2H3,(H,20,22). The lowest BCUT2D eigenvalue weighted by Crippen LogP contribution is -2.31. The van der Waals surface area contributed by atoms with E-state index in [1.807, 2.05) is 25.1 Å². The van der Waals surface area contributed by atoms with Crippen LogP contribution in [0.15, 0.2) is 53.4 Å². The Bertz CT molecular complexity index is 872. The maximum absolute atomic E-state index is 13.0. The SMILES string of the molecule is CCN(c1cccc(C)c1)S(=O)(=O)c1ccc(C(=O)NC2CC2)cc1. The number of rotatable bonds is 6. The lowest BCUT2D eigenvalue weighted by molar-refractivity contribution is 0.0951. The van der Waals surface area contributed by atoms with Crippen LogP contribution in [-0.2, 0) is 10.0 Å². The molecule has 1 fully saturated rings. The third kappa shape index (κ3) is 3.85. The number of anilines is 1. The molecule has 0 unspecified atom stereocenters. The third-order valence-electron chi connectivity index (χ3n) is 4.19. The average Bonchev–Trinajstić information content (AvgIpc) is 3.39. The summed E-state index contributed by atoms with van der Waals surface area (Å²) in [6.45, 7) is 4.06.